The second kappa shape index (κ2) is 6.36. The Morgan fingerprint density at radius 3 is 2.44 bits per heavy atom. The van der Waals surface area contributed by atoms with Gasteiger partial charge in [0.05, 0.1) is 16.1 Å². The standard InChI is InChI=1S/C16H17BClN3O3S/c1-11-4-6-13(7-5-11)25(23,24)21-17(22)15-8-12(20(2)3)9-16(18)14(15)10-19-21/h4-10,22H,1-3H3. The zero-order valence-corrected chi connectivity index (χ0v) is 15.6. The third kappa shape index (κ3) is 3.12. The third-order valence-corrected chi connectivity index (χ3v) is 5.98. The van der Waals surface area contributed by atoms with Gasteiger partial charge >= 0.3 is 7.05 Å². The molecular weight excluding hydrogens is 361 g/mol. The van der Waals surface area contributed by atoms with Gasteiger partial charge in [0.15, 0.2) is 0 Å². The topological polar surface area (TPSA) is 73.2 Å². The van der Waals surface area contributed by atoms with Crippen LogP contribution in [0.3, 0.4) is 0 Å². The molecule has 0 aromatic heterocycles. The van der Waals surface area contributed by atoms with Gasteiger partial charge in [0, 0.05) is 25.3 Å². The van der Waals surface area contributed by atoms with Gasteiger partial charge in [-0.05, 0) is 36.7 Å². The molecule has 0 bridgehead atoms. The number of hydrogen-bond acceptors (Lipinski definition) is 5. The molecule has 0 fully saturated rings. The van der Waals surface area contributed by atoms with Gasteiger partial charge in [0.1, 0.15) is 0 Å². The number of fused-ring (bicyclic) bond motifs is 1. The van der Waals surface area contributed by atoms with Crippen molar-refractivity contribution in [2.45, 2.75) is 11.8 Å². The van der Waals surface area contributed by atoms with Crippen molar-refractivity contribution in [3.63, 3.8) is 0 Å². The summed E-state index contributed by atoms with van der Waals surface area (Å²) in [5, 5.41) is 15.0. The summed E-state index contributed by atoms with van der Waals surface area (Å²) in [5.41, 5.74) is 2.59. The number of rotatable bonds is 3. The second-order valence-corrected chi connectivity index (χ2v) is 8.24. The van der Waals surface area contributed by atoms with E-state index in [9.17, 15) is 13.4 Å². The van der Waals surface area contributed by atoms with Crippen molar-refractivity contribution in [2.75, 3.05) is 19.0 Å². The van der Waals surface area contributed by atoms with Crippen molar-refractivity contribution in [1.29, 1.82) is 0 Å². The number of nitrogens with zero attached hydrogens (tertiary/aromatic N) is 3. The number of anilines is 1. The van der Waals surface area contributed by atoms with E-state index in [0.29, 0.717) is 20.4 Å². The quantitative estimate of drug-likeness (QED) is 0.822. The minimum absolute atomic E-state index is 0.0626. The maximum Gasteiger partial charge on any atom is 0.484 e. The van der Waals surface area contributed by atoms with Crippen LogP contribution in [0.15, 0.2) is 46.4 Å². The lowest BCUT2D eigenvalue weighted by Crippen LogP contribution is -2.52. The van der Waals surface area contributed by atoms with Crippen LogP contribution in [-0.2, 0) is 10.0 Å². The first-order valence-corrected chi connectivity index (χ1v) is 9.37. The van der Waals surface area contributed by atoms with E-state index in [2.05, 4.69) is 5.10 Å². The van der Waals surface area contributed by atoms with Gasteiger partial charge in [-0.2, -0.15) is 9.43 Å². The maximum absolute atomic E-state index is 12.8. The normalized spacial score (nSPS) is 13.8. The summed E-state index contributed by atoms with van der Waals surface area (Å²) in [7, 11) is -1.77. The molecule has 0 atom stereocenters. The Morgan fingerprint density at radius 2 is 1.84 bits per heavy atom. The number of benzene rings is 2. The first kappa shape index (κ1) is 17.8. The van der Waals surface area contributed by atoms with Crippen LogP contribution in [0.4, 0.5) is 5.69 Å². The molecule has 1 aliphatic heterocycles. The smallest absolute Gasteiger partial charge is 0.427 e. The molecule has 6 nitrogen and oxygen atoms in total. The summed E-state index contributed by atoms with van der Waals surface area (Å²) in [6.45, 7) is 1.87. The van der Waals surface area contributed by atoms with Crippen molar-refractivity contribution in [1.82, 2.24) is 4.33 Å². The molecule has 2 aromatic rings. The molecule has 9 heteroatoms. The van der Waals surface area contributed by atoms with Crippen LogP contribution in [0, 0.1) is 6.92 Å². The van der Waals surface area contributed by atoms with E-state index in [1.54, 1.807) is 24.3 Å². The fourth-order valence-electron chi connectivity index (χ4n) is 2.54. The SMILES string of the molecule is Cc1ccc(S(=O)(=O)N2N=Cc3c(Cl)cc(N(C)C)cc3B2O)cc1. The van der Waals surface area contributed by atoms with Gasteiger partial charge in [-0.1, -0.05) is 29.3 Å². The summed E-state index contributed by atoms with van der Waals surface area (Å²) in [5.74, 6) is 0. The lowest BCUT2D eigenvalue weighted by atomic mass is 9.71. The highest BCUT2D eigenvalue weighted by Gasteiger charge is 2.39. The molecule has 1 heterocycles. The Morgan fingerprint density at radius 1 is 1.20 bits per heavy atom. The highest BCUT2D eigenvalue weighted by atomic mass is 35.5. The van der Waals surface area contributed by atoms with Gasteiger partial charge in [0.2, 0.25) is 0 Å². The van der Waals surface area contributed by atoms with E-state index < -0.39 is 17.1 Å². The number of halogens is 1. The molecule has 3 rings (SSSR count). The lowest BCUT2D eigenvalue weighted by Gasteiger charge is -2.27. The molecule has 0 saturated heterocycles. The van der Waals surface area contributed by atoms with Crippen LogP contribution in [0.1, 0.15) is 11.1 Å². The predicted molar refractivity (Wildman–Crippen MR) is 101 cm³/mol. The molecule has 0 aliphatic carbocycles. The van der Waals surface area contributed by atoms with Gasteiger partial charge in [0.25, 0.3) is 10.0 Å². The van der Waals surface area contributed by atoms with Crippen molar-refractivity contribution in [3.05, 3.63) is 52.5 Å². The Kier molecular flexibility index (Phi) is 4.53. The minimum atomic E-state index is -3.99. The van der Waals surface area contributed by atoms with Crippen LogP contribution < -0.4 is 10.4 Å². The number of hydrazone groups is 1. The first-order chi connectivity index (χ1) is 11.7. The van der Waals surface area contributed by atoms with E-state index >= 15 is 0 Å². The van der Waals surface area contributed by atoms with E-state index in [4.69, 9.17) is 11.6 Å². The van der Waals surface area contributed by atoms with Gasteiger partial charge in [-0.25, -0.2) is 8.42 Å². The largest absolute Gasteiger partial charge is 0.484 e. The molecule has 1 aliphatic rings. The number of sulfonamides is 1. The first-order valence-electron chi connectivity index (χ1n) is 7.56. The molecular formula is C16H17BClN3O3S. The minimum Gasteiger partial charge on any atom is -0.427 e. The molecule has 0 amide bonds. The average Bonchev–Trinajstić information content (AvgIpc) is 2.55. The van der Waals surface area contributed by atoms with E-state index in [0.717, 1.165) is 11.3 Å². The molecule has 1 N–H and O–H groups in total. The summed E-state index contributed by atoms with van der Waals surface area (Å²) in [6, 6.07) is 9.82. The Hall–Kier alpha value is -2.03. The highest BCUT2D eigenvalue weighted by Crippen LogP contribution is 2.25. The molecule has 0 unspecified atom stereocenters. The Bertz CT molecular complexity index is 946. The molecule has 0 radical (unpaired) electrons. The van der Waals surface area contributed by atoms with E-state index in [1.807, 2.05) is 25.9 Å². The van der Waals surface area contributed by atoms with Crippen LogP contribution in [0.5, 0.6) is 0 Å². The van der Waals surface area contributed by atoms with Crippen LogP contribution in [0.2, 0.25) is 5.02 Å². The molecule has 130 valence electrons. The van der Waals surface area contributed by atoms with Crippen LogP contribution in [-0.4, -0.2) is 45.1 Å². The van der Waals surface area contributed by atoms with Crippen LogP contribution >= 0.6 is 11.6 Å². The van der Waals surface area contributed by atoms with Crippen LogP contribution in [0.25, 0.3) is 0 Å². The third-order valence-electron chi connectivity index (χ3n) is 4.02. The van der Waals surface area contributed by atoms with Gasteiger partial charge in [-0.3, -0.25) is 0 Å². The van der Waals surface area contributed by atoms with Crippen molar-refractivity contribution in [3.8, 4) is 0 Å². The monoisotopic (exact) mass is 377 g/mol. The lowest BCUT2D eigenvalue weighted by molar-refractivity contribution is 0.476. The summed E-state index contributed by atoms with van der Waals surface area (Å²) in [4.78, 5) is 1.89. The summed E-state index contributed by atoms with van der Waals surface area (Å²) >= 11 is 6.26. The number of hydrogen-bond donors (Lipinski definition) is 1. The van der Waals surface area contributed by atoms with Gasteiger partial charge < -0.3 is 9.92 Å². The second-order valence-electron chi connectivity index (χ2n) is 6.03. The summed E-state index contributed by atoms with van der Waals surface area (Å²) in [6.07, 6.45) is 1.36. The number of aryl methyl sites for hydroxylation is 1. The molecule has 0 saturated carbocycles. The Labute approximate surface area is 152 Å². The zero-order valence-electron chi connectivity index (χ0n) is 14.0. The summed E-state index contributed by atoms with van der Waals surface area (Å²) < 4.78 is 26.4. The Balaban J connectivity index is 2.07. The van der Waals surface area contributed by atoms with Gasteiger partial charge in [-0.15, -0.1) is 0 Å². The maximum atomic E-state index is 12.8. The van der Waals surface area contributed by atoms with Crippen molar-refractivity contribution >= 4 is 46.0 Å². The average molecular weight is 378 g/mol. The predicted octanol–water partition coefficient (Wildman–Crippen LogP) is 1.44. The molecule has 0 spiro atoms. The van der Waals surface area contributed by atoms with Crippen molar-refractivity contribution < 1.29 is 13.4 Å². The fraction of sp³-hybridized carbons (Fsp3) is 0.188. The molecule has 2 aromatic carbocycles. The fourth-order valence-corrected chi connectivity index (χ4v) is 4.05. The van der Waals surface area contributed by atoms with E-state index in [-0.39, 0.29) is 4.90 Å². The highest BCUT2D eigenvalue weighted by molar-refractivity contribution is 7.90. The zero-order chi connectivity index (χ0) is 18.4. The van der Waals surface area contributed by atoms with E-state index in [1.165, 1.54) is 18.3 Å². The molecule has 25 heavy (non-hydrogen) atoms. The van der Waals surface area contributed by atoms with Crippen molar-refractivity contribution in [2.24, 2.45) is 5.10 Å².